The molecule has 1 N–H and O–H groups in total. The van der Waals surface area contributed by atoms with Crippen LogP contribution in [0.4, 0.5) is 0 Å². The lowest BCUT2D eigenvalue weighted by atomic mass is 10.1. The molecule has 0 bridgehead atoms. The Morgan fingerprint density at radius 2 is 1.94 bits per heavy atom. The van der Waals surface area contributed by atoms with Gasteiger partial charge < -0.3 is 14.8 Å². The van der Waals surface area contributed by atoms with E-state index in [-0.39, 0.29) is 0 Å². The second-order valence-corrected chi connectivity index (χ2v) is 4.04. The molecule has 1 rings (SSSR count). The molecule has 0 aliphatic carbocycles. The summed E-state index contributed by atoms with van der Waals surface area (Å²) in [5, 5.41) is 3.39. The minimum Gasteiger partial charge on any atom is -0.497 e. The van der Waals surface area contributed by atoms with Crippen molar-refractivity contribution in [2.45, 2.75) is 26.3 Å². The average molecular weight is 223 g/mol. The predicted molar refractivity (Wildman–Crippen MR) is 66.4 cm³/mol. The van der Waals surface area contributed by atoms with Gasteiger partial charge in [0.15, 0.2) is 0 Å². The van der Waals surface area contributed by atoms with Gasteiger partial charge in [0.25, 0.3) is 0 Å². The van der Waals surface area contributed by atoms with E-state index >= 15 is 0 Å². The fourth-order valence-corrected chi connectivity index (χ4v) is 1.57. The van der Waals surface area contributed by atoms with E-state index in [1.54, 1.807) is 14.2 Å². The molecule has 0 radical (unpaired) electrons. The van der Waals surface area contributed by atoms with Crippen LogP contribution in [0.2, 0.25) is 0 Å². The van der Waals surface area contributed by atoms with E-state index in [2.05, 4.69) is 19.2 Å². The molecule has 90 valence electrons. The second kappa shape index (κ2) is 6.38. The van der Waals surface area contributed by atoms with Crippen LogP contribution in [0.15, 0.2) is 18.2 Å². The summed E-state index contributed by atoms with van der Waals surface area (Å²) in [4.78, 5) is 0. The molecule has 0 amide bonds. The molecule has 0 aromatic heterocycles. The van der Waals surface area contributed by atoms with Crippen molar-refractivity contribution in [1.29, 1.82) is 0 Å². The highest BCUT2D eigenvalue weighted by Crippen LogP contribution is 2.24. The van der Waals surface area contributed by atoms with Crippen LogP contribution in [-0.4, -0.2) is 26.8 Å². The van der Waals surface area contributed by atoms with Crippen molar-refractivity contribution in [3.05, 3.63) is 23.8 Å². The molecular formula is C13H21NO2. The highest BCUT2D eigenvalue weighted by molar-refractivity contribution is 5.40. The molecule has 0 saturated heterocycles. The number of rotatable bonds is 6. The minimum absolute atomic E-state index is 0.511. The largest absolute Gasteiger partial charge is 0.497 e. The molecule has 16 heavy (non-hydrogen) atoms. The molecule has 1 aromatic rings. The van der Waals surface area contributed by atoms with Gasteiger partial charge in [0.1, 0.15) is 11.5 Å². The maximum absolute atomic E-state index is 5.32. The Balaban J connectivity index is 2.67. The lowest BCUT2D eigenvalue weighted by Gasteiger charge is -2.12. The fourth-order valence-electron chi connectivity index (χ4n) is 1.57. The Kier molecular flexibility index (Phi) is 5.12. The van der Waals surface area contributed by atoms with Crippen molar-refractivity contribution in [2.75, 3.05) is 20.8 Å². The lowest BCUT2D eigenvalue weighted by Crippen LogP contribution is -2.25. The van der Waals surface area contributed by atoms with Gasteiger partial charge in [-0.15, -0.1) is 0 Å². The predicted octanol–water partition coefficient (Wildman–Crippen LogP) is 2.24. The summed E-state index contributed by atoms with van der Waals surface area (Å²) in [6, 6.07) is 6.40. The van der Waals surface area contributed by atoms with Crippen LogP contribution in [0.25, 0.3) is 0 Å². The second-order valence-electron chi connectivity index (χ2n) is 4.04. The molecule has 3 heteroatoms. The number of hydrogen-bond donors (Lipinski definition) is 1. The van der Waals surface area contributed by atoms with Crippen LogP contribution in [0.5, 0.6) is 11.5 Å². The molecule has 0 fully saturated rings. The smallest absolute Gasteiger partial charge is 0.122 e. The van der Waals surface area contributed by atoms with Gasteiger partial charge in [0.2, 0.25) is 0 Å². The summed E-state index contributed by atoms with van der Waals surface area (Å²) in [5.74, 6) is 1.80. The van der Waals surface area contributed by atoms with Crippen molar-refractivity contribution in [2.24, 2.45) is 0 Å². The van der Waals surface area contributed by atoms with E-state index in [4.69, 9.17) is 9.47 Å². The van der Waals surface area contributed by atoms with Gasteiger partial charge in [-0.05, 0) is 36.7 Å². The maximum atomic E-state index is 5.32. The quantitative estimate of drug-likeness (QED) is 0.802. The van der Waals surface area contributed by atoms with Crippen LogP contribution in [0.1, 0.15) is 19.4 Å². The molecule has 1 aromatic carbocycles. The molecule has 0 atom stereocenters. The Bertz CT molecular complexity index is 324. The highest BCUT2D eigenvalue weighted by atomic mass is 16.5. The Morgan fingerprint density at radius 3 is 2.50 bits per heavy atom. The Labute approximate surface area is 97.8 Å². The maximum Gasteiger partial charge on any atom is 0.122 e. The third-order valence-corrected chi connectivity index (χ3v) is 2.43. The van der Waals surface area contributed by atoms with E-state index in [1.807, 2.05) is 18.2 Å². The minimum atomic E-state index is 0.511. The van der Waals surface area contributed by atoms with Gasteiger partial charge in [-0.1, -0.05) is 13.8 Å². The van der Waals surface area contributed by atoms with Crippen molar-refractivity contribution in [1.82, 2.24) is 5.32 Å². The Hall–Kier alpha value is -1.22. The van der Waals surface area contributed by atoms with Crippen LogP contribution in [-0.2, 0) is 6.42 Å². The molecule has 0 spiro atoms. The van der Waals surface area contributed by atoms with Gasteiger partial charge in [0, 0.05) is 6.04 Å². The third-order valence-electron chi connectivity index (χ3n) is 2.43. The average Bonchev–Trinajstić information content (AvgIpc) is 2.28. The topological polar surface area (TPSA) is 30.5 Å². The lowest BCUT2D eigenvalue weighted by molar-refractivity contribution is 0.398. The molecule has 3 nitrogen and oxygen atoms in total. The summed E-state index contributed by atoms with van der Waals surface area (Å²) < 4.78 is 10.5. The first-order valence-corrected chi connectivity index (χ1v) is 5.61. The zero-order valence-corrected chi connectivity index (χ0v) is 10.5. The number of methoxy groups -OCH3 is 2. The van der Waals surface area contributed by atoms with Crippen molar-refractivity contribution in [3.8, 4) is 11.5 Å². The molecule has 0 aliphatic heterocycles. The summed E-state index contributed by atoms with van der Waals surface area (Å²) in [6.07, 6.45) is 0.943. The Morgan fingerprint density at radius 1 is 1.19 bits per heavy atom. The van der Waals surface area contributed by atoms with Gasteiger partial charge in [-0.25, -0.2) is 0 Å². The molecule has 0 saturated carbocycles. The van der Waals surface area contributed by atoms with Gasteiger partial charge in [0.05, 0.1) is 14.2 Å². The molecular weight excluding hydrogens is 202 g/mol. The van der Waals surface area contributed by atoms with E-state index in [1.165, 1.54) is 5.56 Å². The van der Waals surface area contributed by atoms with Crippen LogP contribution < -0.4 is 14.8 Å². The van der Waals surface area contributed by atoms with E-state index < -0.39 is 0 Å². The molecule has 0 aliphatic rings. The van der Waals surface area contributed by atoms with Crippen LogP contribution >= 0.6 is 0 Å². The number of nitrogens with one attached hydrogen (secondary N) is 1. The molecule has 0 heterocycles. The molecule has 0 unspecified atom stereocenters. The first-order valence-electron chi connectivity index (χ1n) is 5.61. The first-order chi connectivity index (χ1) is 7.67. The first kappa shape index (κ1) is 12.8. The summed E-state index contributed by atoms with van der Waals surface area (Å²) >= 11 is 0. The number of ether oxygens (including phenoxy) is 2. The van der Waals surface area contributed by atoms with Crippen LogP contribution in [0.3, 0.4) is 0 Å². The summed E-state index contributed by atoms with van der Waals surface area (Å²) in [5.41, 5.74) is 1.18. The van der Waals surface area contributed by atoms with Gasteiger partial charge in [-0.3, -0.25) is 0 Å². The van der Waals surface area contributed by atoms with E-state index in [0.29, 0.717) is 6.04 Å². The normalized spacial score (nSPS) is 10.6. The summed E-state index contributed by atoms with van der Waals surface area (Å²) in [6.45, 7) is 5.23. The number of benzene rings is 1. The number of hydrogen-bond acceptors (Lipinski definition) is 3. The van der Waals surface area contributed by atoms with Crippen molar-refractivity contribution in [3.63, 3.8) is 0 Å². The third kappa shape index (κ3) is 3.74. The van der Waals surface area contributed by atoms with Gasteiger partial charge >= 0.3 is 0 Å². The fraction of sp³-hybridized carbons (Fsp3) is 0.538. The van der Waals surface area contributed by atoms with Crippen molar-refractivity contribution >= 4 is 0 Å². The van der Waals surface area contributed by atoms with Crippen molar-refractivity contribution < 1.29 is 9.47 Å². The highest BCUT2D eigenvalue weighted by Gasteiger charge is 2.04. The standard InChI is InChI=1S/C13H21NO2/c1-10(2)14-8-7-11-9-12(15-3)5-6-13(11)16-4/h5-6,9-10,14H,7-8H2,1-4H3. The van der Waals surface area contributed by atoms with Gasteiger partial charge in [-0.2, -0.15) is 0 Å². The van der Waals surface area contributed by atoms with E-state index in [9.17, 15) is 0 Å². The SMILES string of the molecule is COc1ccc(OC)c(CCNC(C)C)c1. The zero-order valence-electron chi connectivity index (χ0n) is 10.5. The monoisotopic (exact) mass is 223 g/mol. The van der Waals surface area contributed by atoms with Crippen LogP contribution in [0, 0.1) is 0 Å². The van der Waals surface area contributed by atoms with E-state index in [0.717, 1.165) is 24.5 Å². The zero-order chi connectivity index (χ0) is 12.0. The summed E-state index contributed by atoms with van der Waals surface area (Å²) in [7, 11) is 3.37.